The number of aryl methyl sites for hydroxylation is 1. The number of carbonyl (C=O) groups is 1. The lowest BCUT2D eigenvalue weighted by Gasteiger charge is -2.10. The van der Waals surface area contributed by atoms with Crippen molar-refractivity contribution in [3.63, 3.8) is 0 Å². The van der Waals surface area contributed by atoms with E-state index in [-0.39, 0.29) is 12.0 Å². The summed E-state index contributed by atoms with van der Waals surface area (Å²) in [5, 5.41) is 9.95. The monoisotopic (exact) mass is 363 g/mol. The SMILES string of the molecule is CCc1ccc(-c2[nH]ncc2C(=O)NCc2ccc(OC(C)C)cc2)cc1. The van der Waals surface area contributed by atoms with Gasteiger partial charge in [0.05, 0.1) is 23.6 Å². The fourth-order valence-corrected chi connectivity index (χ4v) is 2.82. The highest BCUT2D eigenvalue weighted by Gasteiger charge is 2.15. The maximum absolute atomic E-state index is 12.6. The molecule has 5 nitrogen and oxygen atoms in total. The summed E-state index contributed by atoms with van der Waals surface area (Å²) in [6.07, 6.45) is 2.69. The van der Waals surface area contributed by atoms with Crippen molar-refractivity contribution < 1.29 is 9.53 Å². The molecule has 2 N–H and O–H groups in total. The van der Waals surface area contributed by atoms with Crippen LogP contribution in [0.4, 0.5) is 0 Å². The minimum Gasteiger partial charge on any atom is -0.491 e. The van der Waals surface area contributed by atoms with Crippen molar-refractivity contribution in [1.29, 1.82) is 0 Å². The van der Waals surface area contributed by atoms with Crippen LogP contribution >= 0.6 is 0 Å². The maximum atomic E-state index is 12.6. The van der Waals surface area contributed by atoms with Gasteiger partial charge >= 0.3 is 0 Å². The predicted octanol–water partition coefficient (Wildman–Crippen LogP) is 4.36. The molecule has 1 heterocycles. The van der Waals surface area contributed by atoms with Gasteiger partial charge < -0.3 is 10.1 Å². The summed E-state index contributed by atoms with van der Waals surface area (Å²) < 4.78 is 5.64. The van der Waals surface area contributed by atoms with Crippen LogP contribution in [0.2, 0.25) is 0 Å². The van der Waals surface area contributed by atoms with Crippen LogP contribution in [-0.4, -0.2) is 22.2 Å². The molecule has 140 valence electrons. The van der Waals surface area contributed by atoms with Crippen LogP contribution < -0.4 is 10.1 Å². The summed E-state index contributed by atoms with van der Waals surface area (Å²) >= 11 is 0. The quantitative estimate of drug-likeness (QED) is 0.655. The normalized spacial score (nSPS) is 10.8. The average Bonchev–Trinajstić information content (AvgIpc) is 3.17. The van der Waals surface area contributed by atoms with Gasteiger partial charge in [0.15, 0.2) is 0 Å². The molecule has 0 fully saturated rings. The molecule has 0 aliphatic rings. The van der Waals surface area contributed by atoms with Gasteiger partial charge in [0, 0.05) is 12.1 Å². The molecule has 0 unspecified atom stereocenters. The lowest BCUT2D eigenvalue weighted by Crippen LogP contribution is -2.23. The first-order chi connectivity index (χ1) is 13.1. The van der Waals surface area contributed by atoms with Gasteiger partial charge in [-0.15, -0.1) is 0 Å². The van der Waals surface area contributed by atoms with Crippen LogP contribution in [0.3, 0.4) is 0 Å². The average molecular weight is 363 g/mol. The van der Waals surface area contributed by atoms with Gasteiger partial charge in [-0.1, -0.05) is 43.3 Å². The zero-order valence-electron chi connectivity index (χ0n) is 16.0. The molecule has 27 heavy (non-hydrogen) atoms. The van der Waals surface area contributed by atoms with Crippen molar-refractivity contribution in [3.8, 4) is 17.0 Å². The number of nitrogens with zero attached hydrogens (tertiary/aromatic N) is 1. The van der Waals surface area contributed by atoms with Crippen molar-refractivity contribution in [2.45, 2.75) is 39.8 Å². The van der Waals surface area contributed by atoms with E-state index in [1.165, 1.54) is 5.56 Å². The zero-order valence-corrected chi connectivity index (χ0v) is 16.0. The Morgan fingerprint density at radius 2 is 1.74 bits per heavy atom. The van der Waals surface area contributed by atoms with Crippen molar-refractivity contribution in [2.75, 3.05) is 0 Å². The Morgan fingerprint density at radius 1 is 1.07 bits per heavy atom. The Bertz CT molecular complexity index is 881. The van der Waals surface area contributed by atoms with E-state index in [1.54, 1.807) is 6.20 Å². The van der Waals surface area contributed by atoms with Crippen molar-refractivity contribution >= 4 is 5.91 Å². The topological polar surface area (TPSA) is 67.0 Å². The lowest BCUT2D eigenvalue weighted by atomic mass is 10.0. The predicted molar refractivity (Wildman–Crippen MR) is 107 cm³/mol. The van der Waals surface area contributed by atoms with E-state index in [9.17, 15) is 4.79 Å². The Kier molecular flexibility index (Phi) is 5.91. The summed E-state index contributed by atoms with van der Waals surface area (Å²) in [5.74, 6) is 0.675. The summed E-state index contributed by atoms with van der Waals surface area (Å²) in [4.78, 5) is 12.6. The van der Waals surface area contributed by atoms with Gasteiger partial charge in [-0.3, -0.25) is 9.89 Å². The fraction of sp³-hybridized carbons (Fsp3) is 0.273. The molecule has 0 bridgehead atoms. The van der Waals surface area contributed by atoms with E-state index in [1.807, 2.05) is 50.2 Å². The van der Waals surface area contributed by atoms with Crippen LogP contribution in [0, 0.1) is 0 Å². The number of aromatic amines is 1. The molecule has 2 aromatic carbocycles. The number of amides is 1. The molecule has 3 rings (SSSR count). The number of H-pyrrole nitrogens is 1. The van der Waals surface area contributed by atoms with Gasteiger partial charge in [0.1, 0.15) is 5.75 Å². The maximum Gasteiger partial charge on any atom is 0.255 e. The molecular weight excluding hydrogens is 338 g/mol. The molecule has 0 aliphatic carbocycles. The van der Waals surface area contributed by atoms with E-state index in [0.29, 0.717) is 12.1 Å². The Balaban J connectivity index is 1.66. The largest absolute Gasteiger partial charge is 0.491 e. The highest BCUT2D eigenvalue weighted by molar-refractivity contribution is 5.99. The summed E-state index contributed by atoms with van der Waals surface area (Å²) in [6.45, 7) is 6.55. The molecular formula is C22H25N3O2. The Morgan fingerprint density at radius 3 is 2.37 bits per heavy atom. The van der Waals surface area contributed by atoms with E-state index >= 15 is 0 Å². The third kappa shape index (κ3) is 4.76. The van der Waals surface area contributed by atoms with Crippen molar-refractivity contribution in [3.05, 3.63) is 71.4 Å². The van der Waals surface area contributed by atoms with E-state index in [4.69, 9.17) is 4.74 Å². The summed E-state index contributed by atoms with van der Waals surface area (Å²) in [7, 11) is 0. The molecule has 1 amide bonds. The first-order valence-electron chi connectivity index (χ1n) is 9.23. The van der Waals surface area contributed by atoms with Gasteiger partial charge in [-0.25, -0.2) is 0 Å². The first-order valence-corrected chi connectivity index (χ1v) is 9.23. The molecule has 0 radical (unpaired) electrons. The zero-order chi connectivity index (χ0) is 19.2. The third-order valence-electron chi connectivity index (χ3n) is 4.28. The molecule has 3 aromatic rings. The number of hydrogen-bond donors (Lipinski definition) is 2. The van der Waals surface area contributed by atoms with Crippen molar-refractivity contribution in [2.24, 2.45) is 0 Å². The van der Waals surface area contributed by atoms with E-state index < -0.39 is 0 Å². The van der Waals surface area contributed by atoms with Crippen molar-refractivity contribution in [1.82, 2.24) is 15.5 Å². The minimum atomic E-state index is -0.152. The highest BCUT2D eigenvalue weighted by atomic mass is 16.5. The molecule has 0 saturated heterocycles. The molecule has 0 aliphatic heterocycles. The smallest absolute Gasteiger partial charge is 0.255 e. The van der Waals surface area contributed by atoms with E-state index in [0.717, 1.165) is 29.0 Å². The Hall–Kier alpha value is -3.08. The third-order valence-corrected chi connectivity index (χ3v) is 4.28. The van der Waals surface area contributed by atoms with Crippen LogP contribution in [0.1, 0.15) is 42.3 Å². The molecule has 0 atom stereocenters. The van der Waals surface area contributed by atoms with Crippen LogP contribution in [0.5, 0.6) is 5.75 Å². The second-order valence-electron chi connectivity index (χ2n) is 6.70. The first kappa shape index (κ1) is 18.7. The summed E-state index contributed by atoms with van der Waals surface area (Å²) in [6, 6.07) is 15.9. The van der Waals surface area contributed by atoms with Crippen LogP contribution in [0.15, 0.2) is 54.7 Å². The minimum absolute atomic E-state index is 0.140. The number of nitrogens with one attached hydrogen (secondary N) is 2. The molecule has 1 aromatic heterocycles. The lowest BCUT2D eigenvalue weighted by molar-refractivity contribution is 0.0951. The fourth-order valence-electron chi connectivity index (χ4n) is 2.82. The van der Waals surface area contributed by atoms with Crippen LogP contribution in [-0.2, 0) is 13.0 Å². The number of ether oxygens (including phenoxy) is 1. The number of benzene rings is 2. The van der Waals surface area contributed by atoms with Crippen LogP contribution in [0.25, 0.3) is 11.3 Å². The van der Waals surface area contributed by atoms with E-state index in [2.05, 4.69) is 34.6 Å². The second kappa shape index (κ2) is 8.54. The number of carbonyl (C=O) groups excluding carboxylic acids is 1. The number of rotatable bonds is 7. The van der Waals surface area contributed by atoms with Gasteiger partial charge in [0.2, 0.25) is 0 Å². The number of hydrogen-bond acceptors (Lipinski definition) is 3. The van der Waals surface area contributed by atoms with Gasteiger partial charge in [-0.05, 0) is 43.5 Å². The molecule has 0 saturated carbocycles. The molecule has 5 heteroatoms. The summed E-state index contributed by atoms with van der Waals surface area (Å²) in [5.41, 5.74) is 4.49. The van der Waals surface area contributed by atoms with Gasteiger partial charge in [-0.2, -0.15) is 5.10 Å². The standard InChI is InChI=1S/C22H25N3O2/c1-4-16-5-9-18(10-6-16)21-20(14-24-25-21)22(26)23-13-17-7-11-19(12-8-17)27-15(2)3/h5-12,14-15H,4,13H2,1-3H3,(H,23,26)(H,24,25). The van der Waals surface area contributed by atoms with Gasteiger partial charge in [0.25, 0.3) is 5.91 Å². The second-order valence-corrected chi connectivity index (χ2v) is 6.70. The molecule has 0 spiro atoms. The highest BCUT2D eigenvalue weighted by Crippen LogP contribution is 2.22. The Labute approximate surface area is 159 Å². The number of aromatic nitrogens is 2.